The van der Waals surface area contributed by atoms with E-state index in [2.05, 4.69) is 16.7 Å². The highest BCUT2D eigenvalue weighted by Crippen LogP contribution is 2.43. The second-order valence-electron chi connectivity index (χ2n) is 7.13. The minimum absolute atomic E-state index is 0.0750. The van der Waals surface area contributed by atoms with Crippen LogP contribution >= 0.6 is 11.8 Å². The van der Waals surface area contributed by atoms with E-state index >= 15 is 0 Å². The largest absolute Gasteiger partial charge is 0.497 e. The number of anilines is 1. The molecule has 2 aromatic rings. The third-order valence-electron chi connectivity index (χ3n) is 5.18. The molecule has 34 heavy (non-hydrogen) atoms. The molecule has 0 aliphatic carbocycles. The van der Waals surface area contributed by atoms with Crippen molar-refractivity contribution in [2.45, 2.75) is 5.92 Å². The lowest BCUT2D eigenvalue weighted by atomic mass is 9.78. The third-order valence-corrected chi connectivity index (χ3v) is 6.20. The zero-order valence-corrected chi connectivity index (χ0v) is 19.6. The van der Waals surface area contributed by atoms with E-state index in [1.54, 1.807) is 55.6 Å². The van der Waals surface area contributed by atoms with Crippen molar-refractivity contribution >= 4 is 35.2 Å². The van der Waals surface area contributed by atoms with E-state index in [0.717, 1.165) is 11.8 Å². The molecule has 0 aromatic heterocycles. The van der Waals surface area contributed by atoms with E-state index in [-0.39, 0.29) is 22.3 Å². The number of hydrogen-bond donors (Lipinski definition) is 2. The molecule has 0 unspecified atom stereocenters. The number of nitrogens with zero attached hydrogens (tertiary/aromatic N) is 1. The second kappa shape index (κ2) is 11.2. The number of methoxy groups -OCH3 is 3. The molecule has 2 amide bonds. The van der Waals surface area contributed by atoms with Gasteiger partial charge in [0.05, 0.1) is 43.8 Å². The molecule has 1 aliphatic rings. The van der Waals surface area contributed by atoms with Gasteiger partial charge in [0, 0.05) is 17.2 Å². The molecule has 9 nitrogen and oxygen atoms in total. The second-order valence-corrected chi connectivity index (χ2v) is 8.12. The number of ether oxygens (including phenoxy) is 3. The first-order chi connectivity index (χ1) is 16.4. The number of esters is 1. The minimum atomic E-state index is -1.28. The number of amides is 2. The fourth-order valence-corrected chi connectivity index (χ4v) is 4.44. The fourth-order valence-electron chi connectivity index (χ4n) is 3.59. The van der Waals surface area contributed by atoms with Gasteiger partial charge in [0.1, 0.15) is 17.4 Å². The van der Waals surface area contributed by atoms with Crippen molar-refractivity contribution in [2.75, 3.05) is 32.4 Å². The van der Waals surface area contributed by atoms with Gasteiger partial charge >= 0.3 is 5.97 Å². The lowest BCUT2D eigenvalue weighted by Gasteiger charge is -2.31. The number of allylic oxidation sites excluding steroid dienone is 1. The van der Waals surface area contributed by atoms with Crippen LogP contribution < -0.4 is 20.1 Å². The number of para-hydroxylation sites is 1. The van der Waals surface area contributed by atoms with Crippen molar-refractivity contribution in [3.8, 4) is 17.6 Å². The minimum Gasteiger partial charge on any atom is -0.497 e. The summed E-state index contributed by atoms with van der Waals surface area (Å²) in [6.45, 7) is 0. The van der Waals surface area contributed by atoms with Gasteiger partial charge in [-0.3, -0.25) is 14.4 Å². The lowest BCUT2D eigenvalue weighted by molar-refractivity contribution is -0.150. The van der Waals surface area contributed by atoms with Crippen LogP contribution in [0.5, 0.6) is 11.5 Å². The third kappa shape index (κ3) is 5.32. The van der Waals surface area contributed by atoms with Gasteiger partial charge in [-0.1, -0.05) is 30.0 Å². The van der Waals surface area contributed by atoms with Crippen LogP contribution in [0.2, 0.25) is 0 Å². The summed E-state index contributed by atoms with van der Waals surface area (Å²) < 4.78 is 15.3. The number of benzene rings is 2. The van der Waals surface area contributed by atoms with Gasteiger partial charge in [0.25, 0.3) is 0 Å². The van der Waals surface area contributed by atoms with Crippen molar-refractivity contribution in [3.05, 3.63) is 64.7 Å². The first-order valence-electron chi connectivity index (χ1n) is 10.2. The van der Waals surface area contributed by atoms with Crippen LogP contribution in [-0.2, 0) is 19.1 Å². The number of carbonyl (C=O) groups excluding carboxylic acids is 3. The molecule has 0 saturated carbocycles. The van der Waals surface area contributed by atoms with Crippen LogP contribution in [0.4, 0.5) is 5.69 Å². The highest BCUT2D eigenvalue weighted by Gasteiger charge is 2.45. The summed E-state index contributed by atoms with van der Waals surface area (Å²) in [5, 5.41) is 15.5. The Morgan fingerprint density at radius 3 is 2.41 bits per heavy atom. The van der Waals surface area contributed by atoms with Gasteiger partial charge in [-0.2, -0.15) is 5.26 Å². The maximum Gasteiger partial charge on any atom is 0.319 e. The first kappa shape index (κ1) is 24.7. The number of rotatable bonds is 8. The Morgan fingerprint density at radius 1 is 1.09 bits per heavy atom. The molecule has 10 heteroatoms. The standard InChI is InChI=1S/C24H23N3O6S/c1-31-15-10-8-14(9-11-15)26-19(28)13-34-23-17(12-25)20(16-6-4-5-7-18(16)32-2)21(22(29)27-23)24(30)33-3/h4-11,20-21H,13H2,1-3H3,(H,26,28)(H,27,29)/t20-,21+/m1/s1. The zero-order chi connectivity index (χ0) is 24.7. The van der Waals surface area contributed by atoms with Crippen molar-refractivity contribution in [1.82, 2.24) is 5.32 Å². The molecule has 1 heterocycles. The molecule has 0 fully saturated rings. The molecular formula is C24H23N3O6S. The summed E-state index contributed by atoms with van der Waals surface area (Å²) >= 11 is 0.998. The topological polar surface area (TPSA) is 127 Å². The molecule has 0 saturated heterocycles. The highest BCUT2D eigenvalue weighted by molar-refractivity contribution is 8.03. The van der Waals surface area contributed by atoms with Gasteiger partial charge in [0.15, 0.2) is 0 Å². The van der Waals surface area contributed by atoms with E-state index in [1.165, 1.54) is 14.2 Å². The molecule has 0 spiro atoms. The van der Waals surface area contributed by atoms with E-state index in [4.69, 9.17) is 14.2 Å². The van der Waals surface area contributed by atoms with Crippen molar-refractivity contribution in [1.29, 1.82) is 5.26 Å². The molecule has 0 bridgehead atoms. The Kier molecular flexibility index (Phi) is 8.16. The molecule has 2 N–H and O–H groups in total. The predicted octanol–water partition coefficient (Wildman–Crippen LogP) is 2.81. The molecule has 2 atom stereocenters. The molecule has 2 aromatic carbocycles. The van der Waals surface area contributed by atoms with Gasteiger partial charge in [-0.15, -0.1) is 0 Å². The number of carbonyl (C=O) groups is 3. The van der Waals surface area contributed by atoms with Crippen LogP contribution in [0.3, 0.4) is 0 Å². The van der Waals surface area contributed by atoms with E-state index in [0.29, 0.717) is 22.7 Å². The van der Waals surface area contributed by atoms with Crippen LogP contribution in [0, 0.1) is 17.2 Å². The lowest BCUT2D eigenvalue weighted by Crippen LogP contribution is -2.44. The molecule has 0 radical (unpaired) electrons. The normalized spacial score (nSPS) is 17.3. The monoisotopic (exact) mass is 481 g/mol. The summed E-state index contributed by atoms with van der Waals surface area (Å²) in [5.74, 6) is -2.95. The van der Waals surface area contributed by atoms with Gasteiger partial charge in [-0.25, -0.2) is 0 Å². The summed E-state index contributed by atoms with van der Waals surface area (Å²) in [5.41, 5.74) is 1.21. The Bertz CT molecular complexity index is 1160. The van der Waals surface area contributed by atoms with Crippen LogP contribution in [0.1, 0.15) is 11.5 Å². The SMILES string of the molecule is COC(=O)[C@@H]1C(=O)NC(SCC(=O)Nc2ccc(OC)cc2)=C(C#N)[C@H]1c1ccccc1OC. The summed E-state index contributed by atoms with van der Waals surface area (Å²) in [6.07, 6.45) is 0. The Balaban J connectivity index is 1.89. The summed E-state index contributed by atoms with van der Waals surface area (Å²) in [7, 11) is 4.19. The van der Waals surface area contributed by atoms with Crippen LogP contribution in [0.25, 0.3) is 0 Å². The molecule has 1 aliphatic heterocycles. The molecule has 3 rings (SSSR count). The quantitative estimate of drug-likeness (QED) is 0.435. The summed E-state index contributed by atoms with van der Waals surface area (Å²) in [6, 6.07) is 15.8. The van der Waals surface area contributed by atoms with E-state index in [1.807, 2.05) is 0 Å². The maximum atomic E-state index is 12.9. The Hall–Kier alpha value is -3.97. The predicted molar refractivity (Wildman–Crippen MR) is 126 cm³/mol. The van der Waals surface area contributed by atoms with Gasteiger partial charge in [0.2, 0.25) is 11.8 Å². The average Bonchev–Trinajstić information content (AvgIpc) is 2.86. The van der Waals surface area contributed by atoms with E-state index in [9.17, 15) is 19.6 Å². The maximum absolute atomic E-state index is 12.9. The van der Waals surface area contributed by atoms with Crippen molar-refractivity contribution in [2.24, 2.45) is 5.92 Å². The van der Waals surface area contributed by atoms with Crippen LogP contribution in [0.15, 0.2) is 59.1 Å². The highest BCUT2D eigenvalue weighted by atomic mass is 32.2. The molecular weight excluding hydrogens is 458 g/mol. The van der Waals surface area contributed by atoms with Crippen LogP contribution in [-0.4, -0.2) is 44.9 Å². The van der Waals surface area contributed by atoms with E-state index < -0.39 is 23.7 Å². The Labute approximate surface area is 201 Å². The summed E-state index contributed by atoms with van der Waals surface area (Å²) in [4.78, 5) is 37.9. The Morgan fingerprint density at radius 2 is 1.79 bits per heavy atom. The van der Waals surface area contributed by atoms with Gasteiger partial charge < -0.3 is 24.8 Å². The van der Waals surface area contributed by atoms with Gasteiger partial charge in [-0.05, 0) is 30.3 Å². The number of nitrogens with one attached hydrogen (secondary N) is 2. The zero-order valence-electron chi connectivity index (χ0n) is 18.8. The van der Waals surface area contributed by atoms with Crippen molar-refractivity contribution in [3.63, 3.8) is 0 Å². The number of hydrogen-bond acceptors (Lipinski definition) is 8. The number of nitriles is 1. The number of thioether (sulfide) groups is 1. The fraction of sp³-hybridized carbons (Fsp3) is 0.250. The first-order valence-corrected chi connectivity index (χ1v) is 11.1. The van der Waals surface area contributed by atoms with Crippen molar-refractivity contribution < 1.29 is 28.6 Å². The average molecular weight is 482 g/mol. The smallest absolute Gasteiger partial charge is 0.319 e. The molecule has 176 valence electrons.